The molecule has 0 saturated heterocycles. The summed E-state index contributed by atoms with van der Waals surface area (Å²) < 4.78 is 26.9. The molecule has 2 amide bonds. The standard InChI is InChI=1S/C21H21N3O3S.Na/c22-12-14-7-9-15(10-8-14)13-28(26,27)24-21(25)23-20-18-5-1-3-16(18)11-17-4-2-6-19(17)20;/h7-11H,1-6,13H2,(H2,23,24,25);. The van der Waals surface area contributed by atoms with E-state index in [1.807, 2.05) is 6.07 Å². The van der Waals surface area contributed by atoms with Crippen molar-refractivity contribution in [2.24, 2.45) is 0 Å². The van der Waals surface area contributed by atoms with E-state index in [9.17, 15) is 13.2 Å². The van der Waals surface area contributed by atoms with Crippen molar-refractivity contribution in [2.75, 3.05) is 5.32 Å². The second-order valence-electron chi connectivity index (χ2n) is 7.36. The molecule has 2 aliphatic rings. The fraction of sp³-hybridized carbons (Fsp3) is 0.333. The molecule has 0 aliphatic heterocycles. The Morgan fingerprint density at radius 1 is 1.00 bits per heavy atom. The molecule has 29 heavy (non-hydrogen) atoms. The van der Waals surface area contributed by atoms with Crippen LogP contribution < -0.4 is 10.0 Å². The van der Waals surface area contributed by atoms with Crippen molar-refractivity contribution in [3.05, 3.63) is 63.7 Å². The first kappa shape index (κ1) is 21.8. The minimum absolute atomic E-state index is 0. The fourth-order valence-corrected chi connectivity index (χ4v) is 5.22. The summed E-state index contributed by atoms with van der Waals surface area (Å²) in [5.74, 6) is -0.322. The molecule has 1 radical (unpaired) electrons. The van der Waals surface area contributed by atoms with Crippen molar-refractivity contribution in [2.45, 2.75) is 44.3 Å². The second kappa shape index (κ2) is 8.88. The molecule has 0 atom stereocenters. The van der Waals surface area contributed by atoms with Gasteiger partial charge in [-0.05, 0) is 78.5 Å². The zero-order chi connectivity index (χ0) is 19.7. The summed E-state index contributed by atoms with van der Waals surface area (Å²) in [6.45, 7) is 0. The number of amides is 2. The van der Waals surface area contributed by atoms with Crippen LogP contribution in [0.1, 0.15) is 46.2 Å². The summed E-state index contributed by atoms with van der Waals surface area (Å²) in [6, 6.07) is 9.79. The first-order valence-corrected chi connectivity index (χ1v) is 11.1. The largest absolute Gasteiger partial charge is 0.332 e. The molecule has 2 aliphatic carbocycles. The van der Waals surface area contributed by atoms with Crippen LogP contribution in [0.3, 0.4) is 0 Å². The number of fused-ring (bicyclic) bond motifs is 2. The summed E-state index contributed by atoms with van der Waals surface area (Å²) in [7, 11) is -3.85. The summed E-state index contributed by atoms with van der Waals surface area (Å²) in [6.07, 6.45) is 5.97. The Labute approximate surface area is 193 Å². The van der Waals surface area contributed by atoms with Gasteiger partial charge in [0.2, 0.25) is 10.0 Å². The number of carbonyl (C=O) groups is 1. The maximum absolute atomic E-state index is 12.5. The molecule has 0 heterocycles. The Bertz CT molecular complexity index is 1060. The average molecular weight is 418 g/mol. The third kappa shape index (κ3) is 4.84. The third-order valence-corrected chi connectivity index (χ3v) is 6.61. The van der Waals surface area contributed by atoms with Gasteiger partial charge < -0.3 is 5.32 Å². The summed E-state index contributed by atoms with van der Waals surface area (Å²) in [5, 5.41) is 11.7. The van der Waals surface area contributed by atoms with Crippen LogP contribution in [-0.4, -0.2) is 44.0 Å². The molecule has 6 nitrogen and oxygen atoms in total. The number of carbonyl (C=O) groups excluding carboxylic acids is 1. The topological polar surface area (TPSA) is 99.1 Å². The number of hydrogen-bond acceptors (Lipinski definition) is 4. The third-order valence-electron chi connectivity index (χ3n) is 5.40. The molecule has 0 bridgehead atoms. The molecule has 0 fully saturated rings. The molecule has 0 aromatic heterocycles. The van der Waals surface area contributed by atoms with Gasteiger partial charge in [0.15, 0.2) is 0 Å². The van der Waals surface area contributed by atoms with E-state index in [0.29, 0.717) is 11.1 Å². The molecule has 2 aromatic carbocycles. The number of aryl methyl sites for hydroxylation is 2. The Morgan fingerprint density at radius 3 is 2.14 bits per heavy atom. The van der Waals surface area contributed by atoms with Gasteiger partial charge in [-0.1, -0.05) is 18.2 Å². The zero-order valence-corrected chi connectivity index (χ0v) is 19.2. The van der Waals surface area contributed by atoms with Gasteiger partial charge in [0.05, 0.1) is 17.4 Å². The monoisotopic (exact) mass is 418 g/mol. The number of nitriles is 1. The van der Waals surface area contributed by atoms with E-state index in [0.717, 1.165) is 55.3 Å². The van der Waals surface area contributed by atoms with Crippen molar-refractivity contribution < 1.29 is 13.2 Å². The smallest absolute Gasteiger partial charge is 0.307 e. The number of nitrogens with zero attached hydrogens (tertiary/aromatic N) is 1. The van der Waals surface area contributed by atoms with Crippen LogP contribution in [0.2, 0.25) is 0 Å². The maximum atomic E-state index is 12.5. The zero-order valence-electron chi connectivity index (χ0n) is 16.4. The van der Waals surface area contributed by atoms with Crippen LogP contribution in [-0.2, 0) is 41.5 Å². The normalized spacial score (nSPS) is 14.3. The first-order chi connectivity index (χ1) is 13.4. The molecule has 8 heteroatoms. The molecule has 0 saturated carbocycles. The van der Waals surface area contributed by atoms with Gasteiger partial charge in [-0.3, -0.25) is 0 Å². The summed E-state index contributed by atoms with van der Waals surface area (Å²) >= 11 is 0. The predicted octanol–water partition coefficient (Wildman–Crippen LogP) is 2.81. The van der Waals surface area contributed by atoms with Crippen molar-refractivity contribution in [3.63, 3.8) is 0 Å². The van der Waals surface area contributed by atoms with E-state index in [1.54, 1.807) is 24.3 Å². The van der Waals surface area contributed by atoms with Gasteiger partial charge in [-0.15, -0.1) is 0 Å². The molecule has 0 spiro atoms. The Balaban J connectivity index is 0.00000240. The molecular formula is C21H21N3NaO3S. The van der Waals surface area contributed by atoms with Crippen LogP contribution in [0.5, 0.6) is 0 Å². The van der Waals surface area contributed by atoms with E-state index >= 15 is 0 Å². The van der Waals surface area contributed by atoms with E-state index < -0.39 is 16.1 Å². The van der Waals surface area contributed by atoms with Gasteiger partial charge >= 0.3 is 6.03 Å². The number of benzene rings is 2. The Morgan fingerprint density at radius 2 is 1.59 bits per heavy atom. The van der Waals surface area contributed by atoms with Gasteiger partial charge in [0, 0.05) is 35.2 Å². The molecule has 0 unspecified atom stereocenters. The molecule has 4 rings (SSSR count). The van der Waals surface area contributed by atoms with Crippen LogP contribution in [0.25, 0.3) is 0 Å². The van der Waals surface area contributed by atoms with Gasteiger partial charge in [0.1, 0.15) is 0 Å². The minimum Gasteiger partial charge on any atom is -0.307 e. The van der Waals surface area contributed by atoms with Crippen LogP contribution in [0.15, 0.2) is 30.3 Å². The minimum atomic E-state index is -3.85. The van der Waals surface area contributed by atoms with Crippen molar-refractivity contribution >= 4 is 51.3 Å². The van der Waals surface area contributed by atoms with Crippen molar-refractivity contribution in [3.8, 4) is 6.07 Å². The average Bonchev–Trinajstić information content (AvgIpc) is 3.30. The first-order valence-electron chi connectivity index (χ1n) is 9.42. The molecular weight excluding hydrogens is 397 g/mol. The van der Waals surface area contributed by atoms with E-state index in [2.05, 4.69) is 16.1 Å². The van der Waals surface area contributed by atoms with E-state index in [1.165, 1.54) is 11.1 Å². The van der Waals surface area contributed by atoms with Crippen molar-refractivity contribution in [1.82, 2.24) is 4.72 Å². The number of sulfonamides is 1. The second-order valence-corrected chi connectivity index (χ2v) is 9.08. The maximum Gasteiger partial charge on any atom is 0.332 e. The van der Waals surface area contributed by atoms with Gasteiger partial charge in [0.25, 0.3) is 0 Å². The SMILES string of the molecule is N#Cc1ccc(CS(=O)(=O)NC(=O)Nc2c3c(cc4c2CCC4)CCC3)cc1.[Na]. The number of rotatable bonds is 4. The van der Waals surface area contributed by atoms with Crippen LogP contribution in [0.4, 0.5) is 10.5 Å². The quantitative estimate of drug-likeness (QED) is 0.746. The van der Waals surface area contributed by atoms with E-state index in [4.69, 9.17) is 5.26 Å². The number of anilines is 1. The number of nitrogens with one attached hydrogen (secondary N) is 2. The predicted molar refractivity (Wildman–Crippen MR) is 112 cm³/mol. The Kier molecular flexibility index (Phi) is 6.69. The molecule has 2 N–H and O–H groups in total. The van der Waals surface area contributed by atoms with Crippen LogP contribution >= 0.6 is 0 Å². The van der Waals surface area contributed by atoms with Gasteiger partial charge in [-0.25, -0.2) is 17.9 Å². The number of hydrogen-bond donors (Lipinski definition) is 2. The van der Waals surface area contributed by atoms with Gasteiger partial charge in [-0.2, -0.15) is 5.26 Å². The molecule has 2 aromatic rings. The Hall–Kier alpha value is -1.85. The summed E-state index contributed by atoms with van der Waals surface area (Å²) in [5.41, 5.74) is 6.64. The van der Waals surface area contributed by atoms with Crippen molar-refractivity contribution in [1.29, 1.82) is 5.26 Å². The molecule has 145 valence electrons. The number of urea groups is 1. The summed E-state index contributed by atoms with van der Waals surface area (Å²) in [4.78, 5) is 12.5. The fourth-order valence-electron chi connectivity index (χ4n) is 4.18. The van der Waals surface area contributed by atoms with Crippen LogP contribution in [0, 0.1) is 11.3 Å². The van der Waals surface area contributed by atoms with E-state index in [-0.39, 0.29) is 35.3 Å².